The summed E-state index contributed by atoms with van der Waals surface area (Å²) in [6, 6.07) is 17.7. The van der Waals surface area contributed by atoms with Gasteiger partial charge in [-0.3, -0.25) is 0 Å². The van der Waals surface area contributed by atoms with Crippen LogP contribution < -0.4 is 0 Å². The quantitative estimate of drug-likeness (QED) is 0.668. The van der Waals surface area contributed by atoms with Gasteiger partial charge >= 0.3 is 0 Å². The van der Waals surface area contributed by atoms with Crippen molar-refractivity contribution >= 4 is 22.5 Å². The molecule has 1 aliphatic carbocycles. The molecule has 1 unspecified atom stereocenters. The summed E-state index contributed by atoms with van der Waals surface area (Å²) in [7, 11) is 4.39. The van der Waals surface area contributed by atoms with Crippen LogP contribution in [0.25, 0.3) is 10.9 Å². The maximum absolute atomic E-state index is 6.04. The van der Waals surface area contributed by atoms with Crippen LogP contribution in [0.3, 0.4) is 0 Å². The number of likely N-dealkylation sites (N-methyl/N-ethyl adjacent to an activating group) is 1. The minimum Gasteiger partial charge on any atom is -0.340 e. The third-order valence-electron chi connectivity index (χ3n) is 5.33. The first-order valence-corrected chi connectivity index (χ1v) is 9.01. The third kappa shape index (κ3) is 2.74. The summed E-state index contributed by atoms with van der Waals surface area (Å²) in [4.78, 5) is 2.37. The van der Waals surface area contributed by atoms with Crippen LogP contribution in [0.15, 0.2) is 48.5 Å². The molecule has 0 N–H and O–H groups in total. The molecule has 1 aliphatic rings. The van der Waals surface area contributed by atoms with Gasteiger partial charge in [-0.2, -0.15) is 0 Å². The molecule has 0 aliphatic heterocycles. The topological polar surface area (TPSA) is 8.17 Å². The van der Waals surface area contributed by atoms with Gasteiger partial charge in [0.15, 0.2) is 0 Å². The number of nitrogens with zero attached hydrogens (tertiary/aromatic N) is 2. The van der Waals surface area contributed by atoms with Crippen molar-refractivity contribution in [2.75, 3.05) is 14.1 Å². The van der Waals surface area contributed by atoms with Gasteiger partial charge in [-0.05, 0) is 62.7 Å². The van der Waals surface area contributed by atoms with Gasteiger partial charge in [0.05, 0.1) is 0 Å². The van der Waals surface area contributed by atoms with Crippen molar-refractivity contribution in [3.05, 3.63) is 70.4 Å². The molecule has 0 radical (unpaired) electrons. The lowest BCUT2D eigenvalue weighted by atomic mass is 9.91. The summed E-state index contributed by atoms with van der Waals surface area (Å²) in [5, 5.41) is 2.22. The van der Waals surface area contributed by atoms with E-state index >= 15 is 0 Å². The van der Waals surface area contributed by atoms with Crippen LogP contribution in [0.1, 0.15) is 23.2 Å². The number of benzene rings is 2. The molecule has 0 amide bonds. The summed E-state index contributed by atoms with van der Waals surface area (Å²) in [6.07, 6.45) is 3.54. The van der Waals surface area contributed by atoms with Crippen LogP contribution in [0.5, 0.6) is 0 Å². The minimum atomic E-state index is 0.646. The van der Waals surface area contributed by atoms with E-state index in [4.69, 9.17) is 11.6 Å². The Labute approximate surface area is 148 Å². The SMILES string of the molecule is CN(C)C1CCc2c(c3ccccc3n2Cc2ccc(Cl)cc2)C1. The van der Waals surface area contributed by atoms with Gasteiger partial charge in [-0.25, -0.2) is 0 Å². The third-order valence-corrected chi connectivity index (χ3v) is 5.58. The van der Waals surface area contributed by atoms with Gasteiger partial charge in [0.2, 0.25) is 0 Å². The predicted molar refractivity (Wildman–Crippen MR) is 102 cm³/mol. The van der Waals surface area contributed by atoms with Crippen LogP contribution in [-0.4, -0.2) is 29.6 Å². The van der Waals surface area contributed by atoms with Crippen molar-refractivity contribution in [2.45, 2.75) is 31.8 Å². The summed E-state index contributed by atoms with van der Waals surface area (Å²) < 4.78 is 2.51. The lowest BCUT2D eigenvalue weighted by Crippen LogP contribution is -2.33. The number of halogens is 1. The van der Waals surface area contributed by atoms with E-state index in [1.165, 1.54) is 28.6 Å². The molecule has 0 bridgehead atoms. The van der Waals surface area contributed by atoms with Gasteiger partial charge in [0.25, 0.3) is 0 Å². The highest BCUT2D eigenvalue weighted by molar-refractivity contribution is 6.30. The van der Waals surface area contributed by atoms with Gasteiger partial charge in [-0.1, -0.05) is 41.9 Å². The summed E-state index contributed by atoms with van der Waals surface area (Å²) >= 11 is 6.04. The van der Waals surface area contributed by atoms with Gasteiger partial charge in [-0.15, -0.1) is 0 Å². The summed E-state index contributed by atoms with van der Waals surface area (Å²) in [5.41, 5.74) is 5.73. The number of para-hydroxylation sites is 1. The molecule has 1 aromatic heterocycles. The Bertz CT molecular complexity index is 861. The maximum Gasteiger partial charge on any atom is 0.0488 e. The van der Waals surface area contributed by atoms with Crippen molar-refractivity contribution in [3.8, 4) is 0 Å². The first-order chi connectivity index (χ1) is 11.6. The molecule has 0 saturated carbocycles. The number of hydrogen-bond acceptors (Lipinski definition) is 1. The second-order valence-corrected chi connectivity index (χ2v) is 7.45. The monoisotopic (exact) mass is 338 g/mol. The average molecular weight is 339 g/mol. The Hall–Kier alpha value is -1.77. The van der Waals surface area contributed by atoms with Gasteiger partial charge in [0, 0.05) is 34.2 Å². The second kappa shape index (κ2) is 6.27. The molecule has 1 heterocycles. The maximum atomic E-state index is 6.04. The Morgan fingerprint density at radius 2 is 1.83 bits per heavy atom. The fourth-order valence-corrected chi connectivity index (χ4v) is 4.10. The van der Waals surface area contributed by atoms with E-state index < -0.39 is 0 Å². The lowest BCUT2D eigenvalue weighted by molar-refractivity contribution is 0.266. The fourth-order valence-electron chi connectivity index (χ4n) is 3.98. The highest BCUT2D eigenvalue weighted by Crippen LogP contribution is 2.33. The van der Waals surface area contributed by atoms with E-state index in [1.54, 1.807) is 5.56 Å². The normalized spacial score (nSPS) is 17.4. The molecule has 0 saturated heterocycles. The molecule has 1 atom stereocenters. The molecule has 124 valence electrons. The zero-order chi connectivity index (χ0) is 16.7. The molecule has 0 fully saturated rings. The van der Waals surface area contributed by atoms with Crippen molar-refractivity contribution in [1.29, 1.82) is 0 Å². The van der Waals surface area contributed by atoms with Crippen LogP contribution in [0.4, 0.5) is 0 Å². The molecule has 3 aromatic rings. The zero-order valence-corrected chi connectivity index (χ0v) is 15.1. The average Bonchev–Trinajstić information content (AvgIpc) is 2.90. The van der Waals surface area contributed by atoms with E-state index in [-0.39, 0.29) is 0 Å². The number of aromatic nitrogens is 1. The van der Waals surface area contributed by atoms with E-state index in [9.17, 15) is 0 Å². The number of fused-ring (bicyclic) bond motifs is 3. The van der Waals surface area contributed by atoms with Crippen molar-refractivity contribution in [1.82, 2.24) is 9.47 Å². The number of hydrogen-bond donors (Lipinski definition) is 0. The van der Waals surface area contributed by atoms with E-state index in [0.717, 1.165) is 24.4 Å². The van der Waals surface area contributed by atoms with E-state index in [0.29, 0.717) is 6.04 Å². The fraction of sp³-hybridized carbons (Fsp3) is 0.333. The molecule has 2 aromatic carbocycles. The van der Waals surface area contributed by atoms with Crippen LogP contribution in [0.2, 0.25) is 5.02 Å². The largest absolute Gasteiger partial charge is 0.340 e. The highest BCUT2D eigenvalue weighted by atomic mass is 35.5. The van der Waals surface area contributed by atoms with Gasteiger partial charge in [0.1, 0.15) is 0 Å². The van der Waals surface area contributed by atoms with E-state index in [2.05, 4.69) is 60.0 Å². The molecule has 0 spiro atoms. The lowest BCUT2D eigenvalue weighted by Gasteiger charge is -2.29. The van der Waals surface area contributed by atoms with Crippen LogP contribution in [0, 0.1) is 0 Å². The zero-order valence-electron chi connectivity index (χ0n) is 14.3. The Morgan fingerprint density at radius 1 is 1.08 bits per heavy atom. The number of rotatable bonds is 3. The van der Waals surface area contributed by atoms with Gasteiger partial charge < -0.3 is 9.47 Å². The molecular weight excluding hydrogens is 316 g/mol. The Kier molecular flexibility index (Phi) is 4.11. The smallest absolute Gasteiger partial charge is 0.0488 e. The molecule has 4 rings (SSSR count). The first-order valence-electron chi connectivity index (χ1n) is 8.63. The first kappa shape index (κ1) is 15.7. The minimum absolute atomic E-state index is 0.646. The Morgan fingerprint density at radius 3 is 2.58 bits per heavy atom. The van der Waals surface area contributed by atoms with E-state index in [1.807, 2.05) is 12.1 Å². The molecular formula is C21H23ClN2. The predicted octanol–water partition coefficient (Wildman–Crippen LogP) is 4.76. The standard InChI is InChI=1S/C21H23ClN2/c1-23(2)17-11-12-21-19(13-17)18-5-3-4-6-20(18)24(21)14-15-7-9-16(22)10-8-15/h3-10,17H,11-14H2,1-2H3. The van der Waals surface area contributed by atoms with Crippen molar-refractivity contribution in [3.63, 3.8) is 0 Å². The van der Waals surface area contributed by atoms with Crippen molar-refractivity contribution < 1.29 is 0 Å². The van der Waals surface area contributed by atoms with Crippen LogP contribution in [-0.2, 0) is 19.4 Å². The summed E-state index contributed by atoms with van der Waals surface area (Å²) in [6.45, 7) is 0.916. The van der Waals surface area contributed by atoms with Crippen molar-refractivity contribution in [2.24, 2.45) is 0 Å². The second-order valence-electron chi connectivity index (χ2n) is 7.02. The van der Waals surface area contributed by atoms with Crippen LogP contribution >= 0.6 is 11.6 Å². The summed E-state index contributed by atoms with van der Waals surface area (Å²) in [5.74, 6) is 0. The molecule has 24 heavy (non-hydrogen) atoms. The molecule has 2 nitrogen and oxygen atoms in total. The molecule has 3 heteroatoms. The Balaban J connectivity index is 1.80. The highest BCUT2D eigenvalue weighted by Gasteiger charge is 2.26.